The number of aromatic amines is 1. The Kier molecular flexibility index (Phi) is 4.88. The summed E-state index contributed by atoms with van der Waals surface area (Å²) >= 11 is 0. The molecule has 0 aliphatic rings. The fourth-order valence-electron chi connectivity index (χ4n) is 1.41. The standard InChI is InChI=1S/C10H18N4O3S/c1-3-4-5-14(2)18(16,17)8-6-9(12-7-8)10(15)13-11/h6-7,12H,3-5,11H2,1-2H3,(H,13,15). The predicted octanol–water partition coefficient (Wildman–Crippen LogP) is 0.0388. The maximum Gasteiger partial charge on any atom is 0.281 e. The maximum atomic E-state index is 12.1. The fourth-order valence-corrected chi connectivity index (χ4v) is 2.62. The van der Waals surface area contributed by atoms with Crippen molar-refractivity contribution < 1.29 is 13.2 Å². The van der Waals surface area contributed by atoms with Gasteiger partial charge in [-0.05, 0) is 12.5 Å². The summed E-state index contributed by atoms with van der Waals surface area (Å²) in [6.45, 7) is 2.43. The van der Waals surface area contributed by atoms with E-state index in [0.717, 1.165) is 12.8 Å². The average molecular weight is 274 g/mol. The van der Waals surface area contributed by atoms with Crippen molar-refractivity contribution in [3.63, 3.8) is 0 Å². The van der Waals surface area contributed by atoms with Crippen molar-refractivity contribution in [1.29, 1.82) is 0 Å². The van der Waals surface area contributed by atoms with Gasteiger partial charge in [0.25, 0.3) is 5.91 Å². The van der Waals surface area contributed by atoms with Gasteiger partial charge in [0.05, 0.1) is 0 Å². The molecule has 1 aromatic heterocycles. The van der Waals surface area contributed by atoms with Crippen molar-refractivity contribution >= 4 is 15.9 Å². The third-order valence-electron chi connectivity index (χ3n) is 2.57. The predicted molar refractivity (Wildman–Crippen MR) is 67.2 cm³/mol. The molecule has 18 heavy (non-hydrogen) atoms. The number of nitrogens with one attached hydrogen (secondary N) is 2. The second-order valence-electron chi connectivity index (χ2n) is 3.90. The Morgan fingerprint density at radius 1 is 1.56 bits per heavy atom. The van der Waals surface area contributed by atoms with Crippen LogP contribution in [0.4, 0.5) is 0 Å². The first-order chi connectivity index (χ1) is 8.43. The molecule has 1 amide bonds. The minimum absolute atomic E-state index is 0.0553. The quantitative estimate of drug-likeness (QED) is 0.386. The summed E-state index contributed by atoms with van der Waals surface area (Å²) in [5, 5.41) is 0. The summed E-state index contributed by atoms with van der Waals surface area (Å²) in [4.78, 5) is 13.9. The Bertz CT molecular complexity index is 509. The Balaban J connectivity index is 2.92. The van der Waals surface area contributed by atoms with Gasteiger partial charge in [0, 0.05) is 19.8 Å². The summed E-state index contributed by atoms with van der Waals surface area (Å²) in [6, 6.07) is 1.26. The first kappa shape index (κ1) is 14.7. The van der Waals surface area contributed by atoms with Crippen LogP contribution in [-0.4, -0.2) is 37.2 Å². The molecule has 0 saturated heterocycles. The van der Waals surface area contributed by atoms with Crippen LogP contribution in [0.25, 0.3) is 0 Å². The van der Waals surface area contributed by atoms with Gasteiger partial charge in [0.2, 0.25) is 10.0 Å². The molecule has 0 aliphatic heterocycles. The lowest BCUT2D eigenvalue weighted by atomic mass is 10.3. The summed E-state index contributed by atoms with van der Waals surface area (Å²) in [5.74, 6) is 4.41. The molecule has 1 aromatic rings. The molecular weight excluding hydrogens is 256 g/mol. The molecule has 0 fully saturated rings. The van der Waals surface area contributed by atoms with Crippen LogP contribution in [-0.2, 0) is 10.0 Å². The summed E-state index contributed by atoms with van der Waals surface area (Å²) in [7, 11) is -2.04. The second kappa shape index (κ2) is 5.98. The smallest absolute Gasteiger partial charge is 0.281 e. The zero-order chi connectivity index (χ0) is 13.8. The third kappa shape index (κ3) is 3.09. The van der Waals surface area contributed by atoms with Crippen molar-refractivity contribution in [3.8, 4) is 0 Å². The molecule has 0 radical (unpaired) electrons. The lowest BCUT2D eigenvalue weighted by Crippen LogP contribution is -2.30. The normalized spacial score (nSPS) is 11.8. The monoisotopic (exact) mass is 274 g/mol. The lowest BCUT2D eigenvalue weighted by Gasteiger charge is -2.15. The van der Waals surface area contributed by atoms with E-state index in [2.05, 4.69) is 4.98 Å². The molecule has 1 heterocycles. The largest absolute Gasteiger partial charge is 0.356 e. The van der Waals surface area contributed by atoms with E-state index < -0.39 is 15.9 Å². The Morgan fingerprint density at radius 3 is 2.78 bits per heavy atom. The number of carbonyl (C=O) groups excluding carboxylic acids is 1. The Hall–Kier alpha value is -1.38. The number of unbranched alkanes of at least 4 members (excludes halogenated alkanes) is 1. The van der Waals surface area contributed by atoms with Crippen LogP contribution in [0.2, 0.25) is 0 Å². The molecule has 0 spiro atoms. The minimum Gasteiger partial charge on any atom is -0.356 e. The lowest BCUT2D eigenvalue weighted by molar-refractivity contribution is 0.0949. The molecule has 1 rings (SSSR count). The molecule has 0 saturated carbocycles. The number of nitrogen functional groups attached to an aromatic ring is 1. The van der Waals surface area contributed by atoms with Crippen molar-refractivity contribution in [3.05, 3.63) is 18.0 Å². The number of H-pyrrole nitrogens is 1. The first-order valence-electron chi connectivity index (χ1n) is 5.59. The molecule has 0 bridgehead atoms. The van der Waals surface area contributed by atoms with Crippen LogP contribution in [0, 0.1) is 0 Å². The van der Waals surface area contributed by atoms with Gasteiger partial charge in [0.15, 0.2) is 0 Å². The van der Waals surface area contributed by atoms with Crippen LogP contribution in [0.3, 0.4) is 0 Å². The number of rotatable bonds is 6. The van der Waals surface area contributed by atoms with Gasteiger partial charge in [-0.1, -0.05) is 13.3 Å². The van der Waals surface area contributed by atoms with Gasteiger partial charge in [-0.2, -0.15) is 0 Å². The number of aromatic nitrogens is 1. The number of nitrogens with zero attached hydrogens (tertiary/aromatic N) is 1. The van der Waals surface area contributed by atoms with E-state index in [4.69, 9.17) is 5.84 Å². The highest BCUT2D eigenvalue weighted by Gasteiger charge is 2.22. The van der Waals surface area contributed by atoms with Crippen molar-refractivity contribution in [2.45, 2.75) is 24.7 Å². The number of hydrogen-bond donors (Lipinski definition) is 3. The molecule has 7 nitrogen and oxygen atoms in total. The molecule has 0 atom stereocenters. The third-order valence-corrected chi connectivity index (χ3v) is 4.40. The molecule has 102 valence electrons. The van der Waals surface area contributed by atoms with Crippen LogP contribution in [0.1, 0.15) is 30.3 Å². The van der Waals surface area contributed by atoms with E-state index in [1.807, 2.05) is 12.3 Å². The molecule has 8 heteroatoms. The van der Waals surface area contributed by atoms with Gasteiger partial charge >= 0.3 is 0 Å². The topological polar surface area (TPSA) is 108 Å². The second-order valence-corrected chi connectivity index (χ2v) is 5.95. The highest BCUT2D eigenvalue weighted by atomic mass is 32.2. The first-order valence-corrected chi connectivity index (χ1v) is 7.03. The highest BCUT2D eigenvalue weighted by Crippen LogP contribution is 2.15. The maximum absolute atomic E-state index is 12.1. The molecule has 4 N–H and O–H groups in total. The highest BCUT2D eigenvalue weighted by molar-refractivity contribution is 7.89. The Morgan fingerprint density at radius 2 is 2.22 bits per heavy atom. The molecule has 0 aromatic carbocycles. The number of carbonyl (C=O) groups is 1. The van der Waals surface area contributed by atoms with Crippen LogP contribution < -0.4 is 11.3 Å². The number of hydrazine groups is 1. The van der Waals surface area contributed by atoms with Gasteiger partial charge in [-0.3, -0.25) is 10.2 Å². The van der Waals surface area contributed by atoms with E-state index in [9.17, 15) is 13.2 Å². The van der Waals surface area contributed by atoms with E-state index >= 15 is 0 Å². The van der Waals surface area contributed by atoms with Crippen molar-refractivity contribution in [2.75, 3.05) is 13.6 Å². The van der Waals surface area contributed by atoms with Gasteiger partial charge in [-0.15, -0.1) is 0 Å². The number of hydrogen-bond acceptors (Lipinski definition) is 4. The molecule has 0 aliphatic carbocycles. The fraction of sp³-hybridized carbons (Fsp3) is 0.500. The summed E-state index contributed by atoms with van der Waals surface area (Å²) in [6.07, 6.45) is 2.98. The van der Waals surface area contributed by atoms with Crippen LogP contribution in [0.5, 0.6) is 0 Å². The summed E-state index contributed by atoms with van der Waals surface area (Å²) < 4.78 is 25.5. The Labute approximate surface area is 106 Å². The van der Waals surface area contributed by atoms with Gasteiger partial charge in [0.1, 0.15) is 10.6 Å². The average Bonchev–Trinajstić information content (AvgIpc) is 2.84. The number of sulfonamides is 1. The minimum atomic E-state index is -3.55. The number of nitrogens with two attached hydrogens (primary N) is 1. The van der Waals surface area contributed by atoms with E-state index in [1.165, 1.54) is 23.6 Å². The van der Waals surface area contributed by atoms with Crippen LogP contribution in [0.15, 0.2) is 17.2 Å². The molecular formula is C10H18N4O3S. The van der Waals surface area contributed by atoms with E-state index in [1.54, 1.807) is 0 Å². The SMILES string of the molecule is CCCCN(C)S(=O)(=O)c1c[nH]c(C(=O)NN)c1. The van der Waals surface area contributed by atoms with Crippen LogP contribution >= 0.6 is 0 Å². The number of amides is 1. The van der Waals surface area contributed by atoms with E-state index in [0.29, 0.717) is 6.54 Å². The zero-order valence-electron chi connectivity index (χ0n) is 10.4. The van der Waals surface area contributed by atoms with Crippen molar-refractivity contribution in [2.24, 2.45) is 5.84 Å². The van der Waals surface area contributed by atoms with Gasteiger partial charge < -0.3 is 4.98 Å². The zero-order valence-corrected chi connectivity index (χ0v) is 11.3. The van der Waals surface area contributed by atoms with Gasteiger partial charge in [-0.25, -0.2) is 18.6 Å². The summed E-state index contributed by atoms with van der Waals surface area (Å²) in [5.41, 5.74) is 2.04. The van der Waals surface area contributed by atoms with Crippen molar-refractivity contribution in [1.82, 2.24) is 14.7 Å². The van der Waals surface area contributed by atoms with E-state index in [-0.39, 0.29) is 10.6 Å². The molecule has 0 unspecified atom stereocenters.